The molecule has 0 N–H and O–H groups in total. The highest BCUT2D eigenvalue weighted by molar-refractivity contribution is 5.77. The van der Waals surface area contributed by atoms with Crippen LogP contribution in [0.25, 0.3) is 0 Å². The van der Waals surface area contributed by atoms with Crippen molar-refractivity contribution in [3.63, 3.8) is 0 Å². The third kappa shape index (κ3) is 7.92. The van der Waals surface area contributed by atoms with Crippen molar-refractivity contribution in [2.45, 2.75) is 20.8 Å². The van der Waals surface area contributed by atoms with Crippen LogP contribution in [0.2, 0.25) is 0 Å². The lowest BCUT2D eigenvalue weighted by Crippen LogP contribution is -2.47. The van der Waals surface area contributed by atoms with Gasteiger partial charge in [0.1, 0.15) is 0 Å². The van der Waals surface area contributed by atoms with E-state index < -0.39 is 0 Å². The van der Waals surface area contributed by atoms with Crippen LogP contribution in [0.4, 0.5) is 0 Å². The smallest absolute Gasteiger partial charge is 0.236 e. The first-order valence-electron chi connectivity index (χ1n) is 9.59. The maximum Gasteiger partial charge on any atom is 0.236 e. The largest absolute Gasteiger partial charge is 0.348 e. The summed E-state index contributed by atoms with van der Waals surface area (Å²) in [7, 11) is 3.68. The highest BCUT2D eigenvalue weighted by Gasteiger charge is 2.17. The second kappa shape index (κ2) is 11.8. The number of carbonyl (C=O) groups excluding carboxylic acids is 1. The molecule has 0 aromatic carbocycles. The molecule has 1 aliphatic heterocycles. The molecule has 0 aliphatic carbocycles. The van der Waals surface area contributed by atoms with Crippen molar-refractivity contribution in [1.82, 2.24) is 24.5 Å². The summed E-state index contributed by atoms with van der Waals surface area (Å²) in [5, 5.41) is 0. The van der Waals surface area contributed by atoms with Gasteiger partial charge >= 0.3 is 0 Å². The van der Waals surface area contributed by atoms with Gasteiger partial charge in [0.25, 0.3) is 0 Å². The first-order chi connectivity index (χ1) is 11.5. The number of carbonyl (C=O) groups is 1. The Morgan fingerprint density at radius 1 is 0.667 bits per heavy atom. The van der Waals surface area contributed by atoms with E-state index >= 15 is 0 Å². The SMILES string of the molecule is CCN1CCN(CC)CCN(CC(=O)N(C)C)CCN(CC)CC1. The lowest BCUT2D eigenvalue weighted by molar-refractivity contribution is -0.130. The topological polar surface area (TPSA) is 33.3 Å². The molecule has 1 rings (SSSR count). The van der Waals surface area contributed by atoms with Gasteiger partial charge in [-0.25, -0.2) is 0 Å². The third-order valence-electron chi connectivity index (χ3n) is 5.13. The molecule has 0 radical (unpaired) electrons. The number of amides is 1. The molecule has 1 fully saturated rings. The van der Waals surface area contributed by atoms with E-state index in [1.165, 1.54) is 0 Å². The molecule has 6 heteroatoms. The van der Waals surface area contributed by atoms with Gasteiger partial charge in [0.05, 0.1) is 6.54 Å². The van der Waals surface area contributed by atoms with Gasteiger partial charge in [0.2, 0.25) is 5.91 Å². The molecule has 1 amide bonds. The van der Waals surface area contributed by atoms with Crippen LogP contribution in [0.1, 0.15) is 20.8 Å². The van der Waals surface area contributed by atoms with E-state index in [0.29, 0.717) is 6.54 Å². The Morgan fingerprint density at radius 2 is 0.958 bits per heavy atom. The van der Waals surface area contributed by atoms with Crippen molar-refractivity contribution in [3.8, 4) is 0 Å². The number of nitrogens with zero attached hydrogens (tertiary/aromatic N) is 5. The summed E-state index contributed by atoms with van der Waals surface area (Å²) in [5.41, 5.74) is 0. The van der Waals surface area contributed by atoms with Gasteiger partial charge in [0.15, 0.2) is 0 Å². The van der Waals surface area contributed by atoms with Crippen molar-refractivity contribution < 1.29 is 4.79 Å². The fourth-order valence-electron chi connectivity index (χ4n) is 3.02. The van der Waals surface area contributed by atoms with Crippen molar-refractivity contribution in [3.05, 3.63) is 0 Å². The van der Waals surface area contributed by atoms with Gasteiger partial charge in [-0.05, 0) is 19.6 Å². The van der Waals surface area contributed by atoms with Crippen molar-refractivity contribution in [2.75, 3.05) is 92.6 Å². The molecule has 1 heterocycles. The van der Waals surface area contributed by atoms with Crippen LogP contribution in [0.15, 0.2) is 0 Å². The summed E-state index contributed by atoms with van der Waals surface area (Å²) in [6.45, 7) is 19.1. The van der Waals surface area contributed by atoms with Crippen LogP contribution in [0.3, 0.4) is 0 Å². The molecule has 24 heavy (non-hydrogen) atoms. The predicted octanol–water partition coefficient (Wildman–Crippen LogP) is 0.356. The van der Waals surface area contributed by atoms with Crippen LogP contribution >= 0.6 is 0 Å². The van der Waals surface area contributed by atoms with E-state index in [2.05, 4.69) is 40.4 Å². The van der Waals surface area contributed by atoms with E-state index in [1.807, 2.05) is 14.1 Å². The lowest BCUT2D eigenvalue weighted by atomic mass is 10.3. The number of hydrogen-bond acceptors (Lipinski definition) is 5. The fraction of sp³-hybridized carbons (Fsp3) is 0.944. The maximum absolute atomic E-state index is 12.1. The molecule has 0 spiro atoms. The van der Waals surface area contributed by atoms with E-state index in [-0.39, 0.29) is 5.91 Å². The standard InChI is InChI=1S/C18H39N5O/c1-6-20-9-11-21(7-2)13-15-23(17-18(24)19(4)5)16-14-22(8-3)12-10-20/h6-17H2,1-5H3. The zero-order chi connectivity index (χ0) is 17.9. The minimum absolute atomic E-state index is 0.199. The van der Waals surface area contributed by atoms with Crippen molar-refractivity contribution in [1.29, 1.82) is 0 Å². The molecule has 6 nitrogen and oxygen atoms in total. The summed E-state index contributed by atoms with van der Waals surface area (Å²) >= 11 is 0. The Hall–Kier alpha value is -0.690. The van der Waals surface area contributed by atoms with Crippen molar-refractivity contribution >= 4 is 5.91 Å². The Labute approximate surface area is 149 Å². The quantitative estimate of drug-likeness (QED) is 0.721. The fourth-order valence-corrected chi connectivity index (χ4v) is 3.02. The summed E-state index contributed by atoms with van der Waals surface area (Å²) in [6, 6.07) is 0. The van der Waals surface area contributed by atoms with Crippen molar-refractivity contribution in [2.24, 2.45) is 0 Å². The molecule has 0 aromatic heterocycles. The lowest BCUT2D eigenvalue weighted by Gasteiger charge is -2.33. The molecule has 142 valence electrons. The highest BCUT2D eigenvalue weighted by atomic mass is 16.2. The van der Waals surface area contributed by atoms with Crippen LogP contribution < -0.4 is 0 Å². The summed E-state index contributed by atoms with van der Waals surface area (Å²) < 4.78 is 0. The monoisotopic (exact) mass is 341 g/mol. The molecule has 0 unspecified atom stereocenters. The average molecular weight is 342 g/mol. The predicted molar refractivity (Wildman–Crippen MR) is 101 cm³/mol. The molecular weight excluding hydrogens is 302 g/mol. The number of rotatable bonds is 5. The number of likely N-dealkylation sites (N-methyl/N-ethyl adjacent to an activating group) is 4. The second-order valence-corrected chi connectivity index (χ2v) is 6.87. The Kier molecular flexibility index (Phi) is 10.5. The minimum Gasteiger partial charge on any atom is -0.348 e. The average Bonchev–Trinajstić information content (AvgIpc) is 2.57. The van der Waals surface area contributed by atoms with Gasteiger partial charge in [-0.15, -0.1) is 0 Å². The van der Waals surface area contributed by atoms with E-state index in [1.54, 1.807) is 4.90 Å². The van der Waals surface area contributed by atoms with Crippen LogP contribution in [-0.2, 0) is 4.79 Å². The first-order valence-corrected chi connectivity index (χ1v) is 9.59. The summed E-state index contributed by atoms with van der Waals surface area (Å²) in [5.74, 6) is 0.199. The van der Waals surface area contributed by atoms with Gasteiger partial charge in [-0.3, -0.25) is 9.69 Å². The molecule has 1 saturated heterocycles. The van der Waals surface area contributed by atoms with Gasteiger partial charge < -0.3 is 19.6 Å². The second-order valence-electron chi connectivity index (χ2n) is 6.87. The minimum atomic E-state index is 0.199. The van der Waals surface area contributed by atoms with Crippen LogP contribution in [0.5, 0.6) is 0 Å². The van der Waals surface area contributed by atoms with Gasteiger partial charge in [-0.2, -0.15) is 0 Å². The molecular formula is C18H39N5O. The summed E-state index contributed by atoms with van der Waals surface area (Å²) in [6.07, 6.45) is 0. The van der Waals surface area contributed by atoms with Gasteiger partial charge in [0, 0.05) is 66.5 Å². The van der Waals surface area contributed by atoms with Gasteiger partial charge in [-0.1, -0.05) is 20.8 Å². The molecule has 0 bridgehead atoms. The molecule has 0 aromatic rings. The Morgan fingerprint density at radius 3 is 1.21 bits per heavy atom. The van der Waals surface area contributed by atoms with E-state index in [4.69, 9.17) is 0 Å². The Bertz CT molecular complexity index is 330. The summed E-state index contributed by atoms with van der Waals surface area (Å²) in [4.78, 5) is 23.7. The zero-order valence-electron chi connectivity index (χ0n) is 16.6. The highest BCUT2D eigenvalue weighted by Crippen LogP contribution is 2.01. The third-order valence-corrected chi connectivity index (χ3v) is 5.13. The normalized spacial score (nSPS) is 21.2. The van der Waals surface area contributed by atoms with E-state index in [9.17, 15) is 4.79 Å². The van der Waals surface area contributed by atoms with Crippen LogP contribution in [0, 0.1) is 0 Å². The first kappa shape index (κ1) is 21.4. The maximum atomic E-state index is 12.1. The molecule has 0 atom stereocenters. The van der Waals surface area contributed by atoms with Crippen LogP contribution in [-0.4, -0.2) is 123 Å². The molecule has 0 saturated carbocycles. The Balaban J connectivity index is 2.70. The zero-order valence-corrected chi connectivity index (χ0v) is 16.6. The number of hydrogen-bond donors (Lipinski definition) is 0. The molecule has 1 aliphatic rings. The van der Waals surface area contributed by atoms with E-state index in [0.717, 1.165) is 72.0 Å².